The Balaban J connectivity index is 1.75. The van der Waals surface area contributed by atoms with E-state index in [-0.39, 0.29) is 23.5 Å². The molecule has 0 bridgehead atoms. The Morgan fingerprint density at radius 3 is 2.29 bits per heavy atom. The van der Waals surface area contributed by atoms with E-state index in [1.54, 1.807) is 24.3 Å². The highest BCUT2D eigenvalue weighted by Crippen LogP contribution is 2.19. The smallest absolute Gasteiger partial charge is 0.274 e. The summed E-state index contributed by atoms with van der Waals surface area (Å²) in [7, 11) is 0. The van der Waals surface area contributed by atoms with E-state index in [0.717, 1.165) is 16.8 Å². The molecule has 28 heavy (non-hydrogen) atoms. The Morgan fingerprint density at radius 2 is 1.57 bits per heavy atom. The average molecular weight is 375 g/mol. The topological polar surface area (TPSA) is 96.0 Å². The van der Waals surface area contributed by atoms with Crippen LogP contribution in [0.1, 0.15) is 28.5 Å². The number of nitrogens with one attached hydrogen (secondary N) is 3. The molecule has 0 saturated heterocycles. The summed E-state index contributed by atoms with van der Waals surface area (Å²) < 4.78 is 0. The van der Waals surface area contributed by atoms with Crippen molar-refractivity contribution in [3.05, 3.63) is 71.5 Å². The van der Waals surface area contributed by atoms with Gasteiger partial charge in [-0.3, -0.25) is 9.59 Å². The highest BCUT2D eigenvalue weighted by atomic mass is 16.2. The van der Waals surface area contributed by atoms with E-state index in [0.29, 0.717) is 11.4 Å². The second kappa shape index (κ2) is 8.30. The van der Waals surface area contributed by atoms with Gasteiger partial charge in [-0.2, -0.15) is 0 Å². The maximum atomic E-state index is 12.5. The van der Waals surface area contributed by atoms with Crippen molar-refractivity contribution in [3.63, 3.8) is 0 Å². The SMILES string of the molecule is CC(=O)Nc1cccc(Nc2nccc(C(=O)Nc3cc(C)cc(C)c3)n2)c1. The molecule has 1 aromatic heterocycles. The lowest BCUT2D eigenvalue weighted by molar-refractivity contribution is -0.114. The normalized spacial score (nSPS) is 10.2. The summed E-state index contributed by atoms with van der Waals surface area (Å²) in [4.78, 5) is 32.2. The van der Waals surface area contributed by atoms with E-state index < -0.39 is 0 Å². The molecule has 2 aromatic carbocycles. The average Bonchev–Trinajstić information content (AvgIpc) is 2.61. The van der Waals surface area contributed by atoms with E-state index >= 15 is 0 Å². The van der Waals surface area contributed by atoms with Crippen molar-refractivity contribution in [1.82, 2.24) is 9.97 Å². The van der Waals surface area contributed by atoms with Gasteiger partial charge < -0.3 is 16.0 Å². The summed E-state index contributed by atoms with van der Waals surface area (Å²) in [5.41, 5.74) is 4.45. The number of carbonyl (C=O) groups excluding carboxylic acids is 2. The van der Waals surface area contributed by atoms with Gasteiger partial charge in [0.25, 0.3) is 5.91 Å². The Hall–Kier alpha value is -3.74. The van der Waals surface area contributed by atoms with Crippen molar-refractivity contribution in [2.75, 3.05) is 16.0 Å². The third-order valence-corrected chi connectivity index (χ3v) is 3.81. The molecule has 0 aliphatic rings. The van der Waals surface area contributed by atoms with Gasteiger partial charge in [-0.15, -0.1) is 0 Å². The molecule has 0 radical (unpaired) electrons. The predicted octanol–water partition coefficient (Wildman–Crippen LogP) is 4.05. The van der Waals surface area contributed by atoms with Crippen LogP contribution in [0.2, 0.25) is 0 Å². The fourth-order valence-electron chi connectivity index (χ4n) is 2.79. The number of aryl methyl sites for hydroxylation is 2. The molecule has 0 spiro atoms. The number of rotatable bonds is 5. The van der Waals surface area contributed by atoms with Gasteiger partial charge in [0, 0.05) is 30.2 Å². The Morgan fingerprint density at radius 1 is 0.857 bits per heavy atom. The van der Waals surface area contributed by atoms with Crippen LogP contribution in [0.15, 0.2) is 54.7 Å². The fraction of sp³-hybridized carbons (Fsp3) is 0.143. The van der Waals surface area contributed by atoms with Crippen molar-refractivity contribution in [2.24, 2.45) is 0 Å². The molecule has 3 N–H and O–H groups in total. The third kappa shape index (κ3) is 5.14. The summed E-state index contributed by atoms with van der Waals surface area (Å²) in [6, 6.07) is 14.5. The molecule has 3 aromatic rings. The predicted molar refractivity (Wildman–Crippen MR) is 110 cm³/mol. The van der Waals surface area contributed by atoms with E-state index in [1.165, 1.54) is 13.1 Å². The highest BCUT2D eigenvalue weighted by Gasteiger charge is 2.10. The molecule has 1 heterocycles. The van der Waals surface area contributed by atoms with Crippen LogP contribution in [0.5, 0.6) is 0 Å². The fourth-order valence-corrected chi connectivity index (χ4v) is 2.79. The molecular weight excluding hydrogens is 354 g/mol. The maximum absolute atomic E-state index is 12.5. The third-order valence-electron chi connectivity index (χ3n) is 3.81. The zero-order valence-electron chi connectivity index (χ0n) is 15.9. The maximum Gasteiger partial charge on any atom is 0.274 e. The van der Waals surface area contributed by atoms with E-state index in [2.05, 4.69) is 25.9 Å². The Kier molecular flexibility index (Phi) is 5.64. The van der Waals surface area contributed by atoms with E-state index in [1.807, 2.05) is 38.1 Å². The zero-order chi connectivity index (χ0) is 20.1. The quantitative estimate of drug-likeness (QED) is 0.625. The number of benzene rings is 2. The standard InChI is InChI=1S/C21H21N5O2/c1-13-9-14(2)11-18(10-13)24-20(28)19-7-8-22-21(26-19)25-17-6-4-5-16(12-17)23-15(3)27/h4-12H,1-3H3,(H,23,27)(H,24,28)(H,22,25,26). The van der Waals surface area contributed by atoms with Crippen LogP contribution in [0.4, 0.5) is 23.0 Å². The van der Waals surface area contributed by atoms with Crippen LogP contribution in [0.3, 0.4) is 0 Å². The van der Waals surface area contributed by atoms with Crippen LogP contribution in [0.25, 0.3) is 0 Å². The van der Waals surface area contributed by atoms with Gasteiger partial charge in [-0.05, 0) is 61.4 Å². The minimum Gasteiger partial charge on any atom is -0.326 e. The lowest BCUT2D eigenvalue weighted by Crippen LogP contribution is -2.15. The van der Waals surface area contributed by atoms with Crippen molar-refractivity contribution in [1.29, 1.82) is 0 Å². The molecule has 7 heteroatoms. The van der Waals surface area contributed by atoms with Crippen LogP contribution in [0, 0.1) is 13.8 Å². The minimum atomic E-state index is -0.317. The van der Waals surface area contributed by atoms with Gasteiger partial charge in [0.1, 0.15) is 5.69 Å². The number of anilines is 4. The van der Waals surface area contributed by atoms with Gasteiger partial charge in [0.15, 0.2) is 0 Å². The van der Waals surface area contributed by atoms with E-state index in [9.17, 15) is 9.59 Å². The first-order chi connectivity index (χ1) is 13.4. The van der Waals surface area contributed by atoms with Gasteiger partial charge in [0.2, 0.25) is 11.9 Å². The molecule has 0 saturated carbocycles. The number of nitrogens with zero attached hydrogens (tertiary/aromatic N) is 2. The molecule has 2 amide bonds. The van der Waals surface area contributed by atoms with Gasteiger partial charge in [-0.1, -0.05) is 12.1 Å². The van der Waals surface area contributed by atoms with E-state index in [4.69, 9.17) is 0 Å². The molecule has 0 atom stereocenters. The first kappa shape index (κ1) is 19.0. The number of aromatic nitrogens is 2. The van der Waals surface area contributed by atoms with Gasteiger partial charge in [-0.25, -0.2) is 9.97 Å². The summed E-state index contributed by atoms with van der Waals surface area (Å²) in [5, 5.41) is 8.61. The number of amides is 2. The second-order valence-corrected chi connectivity index (χ2v) is 6.48. The molecule has 142 valence electrons. The summed E-state index contributed by atoms with van der Waals surface area (Å²) >= 11 is 0. The summed E-state index contributed by atoms with van der Waals surface area (Å²) in [6.07, 6.45) is 1.52. The lowest BCUT2D eigenvalue weighted by atomic mass is 10.1. The lowest BCUT2D eigenvalue weighted by Gasteiger charge is -2.10. The molecular formula is C21H21N5O2. The zero-order valence-corrected chi connectivity index (χ0v) is 15.9. The van der Waals surface area contributed by atoms with Crippen molar-refractivity contribution >= 4 is 34.8 Å². The van der Waals surface area contributed by atoms with Crippen LogP contribution in [-0.4, -0.2) is 21.8 Å². The van der Waals surface area contributed by atoms with Crippen molar-refractivity contribution in [3.8, 4) is 0 Å². The largest absolute Gasteiger partial charge is 0.326 e. The monoisotopic (exact) mass is 375 g/mol. The van der Waals surface area contributed by atoms with Gasteiger partial charge in [0.05, 0.1) is 0 Å². The summed E-state index contributed by atoms with van der Waals surface area (Å²) in [6.45, 7) is 5.40. The molecule has 0 fully saturated rings. The number of hydrogen-bond acceptors (Lipinski definition) is 5. The van der Waals surface area contributed by atoms with Crippen molar-refractivity contribution < 1.29 is 9.59 Å². The van der Waals surface area contributed by atoms with Crippen LogP contribution in [-0.2, 0) is 4.79 Å². The molecule has 0 unspecified atom stereocenters. The first-order valence-corrected chi connectivity index (χ1v) is 8.76. The van der Waals surface area contributed by atoms with Crippen LogP contribution < -0.4 is 16.0 Å². The first-order valence-electron chi connectivity index (χ1n) is 8.76. The summed E-state index contributed by atoms with van der Waals surface area (Å²) in [5.74, 6) is -0.186. The second-order valence-electron chi connectivity index (χ2n) is 6.48. The molecule has 0 aliphatic carbocycles. The minimum absolute atomic E-state index is 0.154. The number of carbonyl (C=O) groups is 2. The van der Waals surface area contributed by atoms with Gasteiger partial charge >= 0.3 is 0 Å². The molecule has 7 nitrogen and oxygen atoms in total. The van der Waals surface area contributed by atoms with Crippen LogP contribution >= 0.6 is 0 Å². The Labute approximate surface area is 163 Å². The van der Waals surface area contributed by atoms with Crippen molar-refractivity contribution in [2.45, 2.75) is 20.8 Å². The Bertz CT molecular complexity index is 1010. The molecule has 3 rings (SSSR count). The number of hydrogen-bond donors (Lipinski definition) is 3. The molecule has 0 aliphatic heterocycles. The highest BCUT2D eigenvalue weighted by molar-refractivity contribution is 6.03.